The summed E-state index contributed by atoms with van der Waals surface area (Å²) in [6.45, 7) is 7.07. The van der Waals surface area contributed by atoms with Gasteiger partial charge in [0, 0.05) is 42.8 Å². The molecule has 1 amide bonds. The van der Waals surface area contributed by atoms with E-state index in [1.807, 2.05) is 11.9 Å². The van der Waals surface area contributed by atoms with Crippen LogP contribution in [0.2, 0.25) is 0 Å². The van der Waals surface area contributed by atoms with E-state index in [9.17, 15) is 4.79 Å². The number of likely N-dealkylation sites (N-methyl/N-ethyl adjacent to an activating group) is 1. The first-order chi connectivity index (χ1) is 11.9. The second-order valence-electron chi connectivity index (χ2n) is 7.92. The van der Waals surface area contributed by atoms with E-state index in [0.29, 0.717) is 6.04 Å². The SMILES string of the molecule is Cc1ccc2c3c(c[nH]c13)CC1C2=CC(C(=O)N(C)C(C)C)CN1C. The Morgan fingerprint density at radius 3 is 2.84 bits per heavy atom. The normalized spacial score (nSPS) is 22.9. The Morgan fingerprint density at radius 2 is 2.12 bits per heavy atom. The minimum atomic E-state index is -0.0690. The van der Waals surface area contributed by atoms with Crippen molar-refractivity contribution in [2.24, 2.45) is 5.92 Å². The summed E-state index contributed by atoms with van der Waals surface area (Å²) >= 11 is 0. The highest BCUT2D eigenvalue weighted by atomic mass is 16.2. The van der Waals surface area contributed by atoms with Crippen molar-refractivity contribution in [3.05, 3.63) is 41.1 Å². The number of nitrogens with zero attached hydrogens (tertiary/aromatic N) is 2. The molecule has 1 aromatic carbocycles. The lowest BCUT2D eigenvalue weighted by Gasteiger charge is -2.40. The molecule has 2 atom stereocenters. The molecule has 2 heterocycles. The van der Waals surface area contributed by atoms with Gasteiger partial charge in [0.25, 0.3) is 0 Å². The highest BCUT2D eigenvalue weighted by Crippen LogP contribution is 2.41. The number of H-pyrrole nitrogens is 1. The molecule has 0 saturated carbocycles. The summed E-state index contributed by atoms with van der Waals surface area (Å²) in [5.41, 5.74) is 6.53. The number of hydrogen-bond acceptors (Lipinski definition) is 2. The summed E-state index contributed by atoms with van der Waals surface area (Å²) in [4.78, 5) is 20.6. The zero-order valence-electron chi connectivity index (χ0n) is 15.8. The molecule has 2 unspecified atom stereocenters. The fourth-order valence-electron chi connectivity index (χ4n) is 4.32. The Hall–Kier alpha value is -2.07. The third-order valence-electron chi connectivity index (χ3n) is 6.05. The first-order valence-electron chi connectivity index (χ1n) is 9.17. The van der Waals surface area contributed by atoms with Gasteiger partial charge in [-0.15, -0.1) is 0 Å². The van der Waals surface area contributed by atoms with E-state index < -0.39 is 0 Å². The van der Waals surface area contributed by atoms with E-state index >= 15 is 0 Å². The summed E-state index contributed by atoms with van der Waals surface area (Å²) in [5.74, 6) is 0.150. The maximum atomic E-state index is 12.9. The number of fused-ring (bicyclic) bond motifs is 2. The predicted octanol–water partition coefficient (Wildman–Crippen LogP) is 3.21. The molecule has 25 heavy (non-hydrogen) atoms. The molecule has 0 saturated heterocycles. The number of aryl methyl sites for hydroxylation is 1. The first kappa shape index (κ1) is 16.4. The Balaban J connectivity index is 1.82. The summed E-state index contributed by atoms with van der Waals surface area (Å²) < 4.78 is 0. The number of aromatic amines is 1. The van der Waals surface area contributed by atoms with E-state index in [2.05, 4.69) is 62.1 Å². The summed E-state index contributed by atoms with van der Waals surface area (Å²) in [5, 5.41) is 1.35. The van der Waals surface area contributed by atoms with E-state index in [4.69, 9.17) is 0 Å². The molecule has 1 N–H and O–H groups in total. The number of benzene rings is 1. The summed E-state index contributed by atoms with van der Waals surface area (Å²) in [7, 11) is 4.06. The zero-order valence-corrected chi connectivity index (χ0v) is 15.8. The van der Waals surface area contributed by atoms with Crippen LogP contribution in [0.5, 0.6) is 0 Å². The lowest BCUT2D eigenvalue weighted by atomic mass is 9.79. The molecule has 132 valence electrons. The molecule has 4 heteroatoms. The molecule has 4 nitrogen and oxygen atoms in total. The van der Waals surface area contributed by atoms with Crippen LogP contribution < -0.4 is 0 Å². The monoisotopic (exact) mass is 337 g/mol. The van der Waals surface area contributed by atoms with Gasteiger partial charge < -0.3 is 9.88 Å². The van der Waals surface area contributed by atoms with Gasteiger partial charge in [0.1, 0.15) is 0 Å². The minimum absolute atomic E-state index is 0.0690. The van der Waals surface area contributed by atoms with Crippen molar-refractivity contribution in [1.29, 1.82) is 0 Å². The Labute approximate surface area is 149 Å². The number of aromatic nitrogens is 1. The number of carbonyl (C=O) groups excluding carboxylic acids is 1. The van der Waals surface area contributed by atoms with Crippen molar-refractivity contribution in [2.45, 2.75) is 39.3 Å². The number of rotatable bonds is 2. The van der Waals surface area contributed by atoms with Gasteiger partial charge >= 0.3 is 0 Å². The minimum Gasteiger partial charge on any atom is -0.361 e. The van der Waals surface area contributed by atoms with Crippen molar-refractivity contribution in [3.63, 3.8) is 0 Å². The number of hydrogen-bond donors (Lipinski definition) is 1. The van der Waals surface area contributed by atoms with E-state index in [0.717, 1.165) is 13.0 Å². The fraction of sp³-hybridized carbons (Fsp3) is 0.476. The van der Waals surface area contributed by atoms with E-state index in [1.165, 1.54) is 33.2 Å². The summed E-state index contributed by atoms with van der Waals surface area (Å²) in [6.07, 6.45) is 5.42. The van der Waals surface area contributed by atoms with Crippen molar-refractivity contribution in [3.8, 4) is 0 Å². The maximum Gasteiger partial charge on any atom is 0.230 e. The number of amides is 1. The van der Waals surface area contributed by atoms with Gasteiger partial charge in [-0.1, -0.05) is 18.2 Å². The number of carbonyl (C=O) groups is 1. The first-order valence-corrected chi connectivity index (χ1v) is 9.17. The molecule has 1 aliphatic heterocycles. The van der Waals surface area contributed by atoms with Gasteiger partial charge in [-0.05, 0) is 56.5 Å². The lowest BCUT2D eigenvalue weighted by molar-refractivity contribution is -0.134. The topological polar surface area (TPSA) is 39.3 Å². The van der Waals surface area contributed by atoms with Crippen LogP contribution in [0, 0.1) is 12.8 Å². The molecular weight excluding hydrogens is 310 g/mol. The van der Waals surface area contributed by atoms with Crippen molar-refractivity contribution in [2.75, 3.05) is 20.6 Å². The Morgan fingerprint density at radius 1 is 1.36 bits per heavy atom. The smallest absolute Gasteiger partial charge is 0.230 e. The van der Waals surface area contributed by atoms with E-state index in [-0.39, 0.29) is 17.9 Å². The fourth-order valence-corrected chi connectivity index (χ4v) is 4.32. The van der Waals surface area contributed by atoms with Gasteiger partial charge in [0.05, 0.1) is 5.92 Å². The number of nitrogens with one attached hydrogen (secondary N) is 1. The van der Waals surface area contributed by atoms with Gasteiger partial charge in [0.2, 0.25) is 5.91 Å². The highest BCUT2D eigenvalue weighted by molar-refractivity contribution is 6.00. The molecule has 0 bridgehead atoms. The predicted molar refractivity (Wildman–Crippen MR) is 103 cm³/mol. The van der Waals surface area contributed by atoms with Gasteiger partial charge in [-0.25, -0.2) is 0 Å². The lowest BCUT2D eigenvalue weighted by Crippen LogP contribution is -2.48. The molecular formula is C21H27N3O. The zero-order chi connectivity index (χ0) is 17.9. The van der Waals surface area contributed by atoms with Crippen molar-refractivity contribution >= 4 is 22.4 Å². The second kappa shape index (κ2) is 5.73. The van der Waals surface area contributed by atoms with E-state index in [1.54, 1.807) is 0 Å². The van der Waals surface area contributed by atoms with Crippen LogP contribution in [0.15, 0.2) is 24.4 Å². The van der Waals surface area contributed by atoms with Crippen LogP contribution in [-0.4, -0.2) is 53.4 Å². The highest BCUT2D eigenvalue weighted by Gasteiger charge is 2.36. The van der Waals surface area contributed by atoms with Crippen LogP contribution in [-0.2, 0) is 11.2 Å². The van der Waals surface area contributed by atoms with Gasteiger partial charge in [-0.2, -0.15) is 0 Å². The van der Waals surface area contributed by atoms with Crippen molar-refractivity contribution in [1.82, 2.24) is 14.8 Å². The quantitative estimate of drug-likeness (QED) is 0.914. The largest absolute Gasteiger partial charge is 0.361 e. The van der Waals surface area contributed by atoms with Gasteiger partial charge in [-0.3, -0.25) is 9.69 Å². The molecule has 1 aliphatic carbocycles. The second-order valence-corrected chi connectivity index (χ2v) is 7.92. The molecule has 0 radical (unpaired) electrons. The van der Waals surface area contributed by atoms with Crippen LogP contribution in [0.4, 0.5) is 0 Å². The molecule has 4 rings (SSSR count). The van der Waals surface area contributed by atoms with Gasteiger partial charge in [0.15, 0.2) is 0 Å². The molecule has 2 aliphatic rings. The van der Waals surface area contributed by atoms with Crippen LogP contribution >= 0.6 is 0 Å². The van der Waals surface area contributed by atoms with Crippen LogP contribution in [0.1, 0.15) is 30.5 Å². The van der Waals surface area contributed by atoms with Crippen LogP contribution in [0.25, 0.3) is 16.5 Å². The summed E-state index contributed by atoms with van der Waals surface area (Å²) in [6, 6.07) is 5.01. The average Bonchev–Trinajstić information content (AvgIpc) is 3.01. The third-order valence-corrected chi connectivity index (χ3v) is 6.05. The Kier molecular flexibility index (Phi) is 3.76. The maximum absolute atomic E-state index is 12.9. The van der Waals surface area contributed by atoms with Crippen molar-refractivity contribution < 1.29 is 4.79 Å². The molecule has 0 spiro atoms. The molecule has 2 aromatic rings. The average molecular weight is 337 g/mol. The molecule has 1 aromatic heterocycles. The van der Waals surface area contributed by atoms with Crippen LogP contribution in [0.3, 0.4) is 0 Å². The molecule has 0 fully saturated rings. The third kappa shape index (κ3) is 2.43. The standard InChI is InChI=1S/C21H27N3O/c1-12(2)24(5)21(25)15-8-17-16-7-6-13(3)20-19(16)14(10-22-20)9-18(17)23(4)11-15/h6-8,10,12,15,18,22H,9,11H2,1-5H3. The Bertz CT molecular complexity index is 877.